The van der Waals surface area contributed by atoms with Crippen molar-refractivity contribution in [3.8, 4) is 0 Å². The van der Waals surface area contributed by atoms with Crippen molar-refractivity contribution < 1.29 is 14.7 Å². The van der Waals surface area contributed by atoms with Gasteiger partial charge in [0.05, 0.1) is 5.41 Å². The first-order valence-electron chi connectivity index (χ1n) is 5.29. The van der Waals surface area contributed by atoms with Crippen LogP contribution in [0.25, 0.3) is 0 Å². The van der Waals surface area contributed by atoms with E-state index in [9.17, 15) is 9.59 Å². The molecule has 2 N–H and O–H groups in total. The fourth-order valence-corrected chi connectivity index (χ4v) is 1.81. The minimum Gasteiger partial charge on any atom is -0.481 e. The molecule has 1 amide bonds. The van der Waals surface area contributed by atoms with Crippen LogP contribution in [-0.4, -0.2) is 55.6 Å². The van der Waals surface area contributed by atoms with Crippen LogP contribution in [0.3, 0.4) is 0 Å². The number of aliphatic carboxylic acids is 1. The Morgan fingerprint density at radius 2 is 2.06 bits per heavy atom. The highest BCUT2D eigenvalue weighted by Gasteiger charge is 2.38. The maximum absolute atomic E-state index is 11.8. The smallest absolute Gasteiger partial charge is 0.309 e. The second kappa shape index (κ2) is 4.11. The summed E-state index contributed by atoms with van der Waals surface area (Å²) in [4.78, 5) is 24.4. The Bertz CT molecular complexity index is 422. The number of H-pyrrole nitrogens is 1. The summed E-state index contributed by atoms with van der Waals surface area (Å²) in [5.41, 5.74) is -0.742. The maximum Gasteiger partial charge on any atom is 0.309 e. The molecule has 0 saturated carbocycles. The molecule has 1 aromatic heterocycles. The number of carbonyl (C=O) groups excluding carboxylic acids is 1. The lowest BCUT2D eigenvalue weighted by molar-refractivity contribution is -0.150. The van der Waals surface area contributed by atoms with E-state index in [-0.39, 0.29) is 11.7 Å². The number of aromatic amines is 1. The average molecular weight is 239 g/mol. The van der Waals surface area contributed by atoms with Crippen molar-refractivity contribution in [2.45, 2.75) is 19.8 Å². The Hall–Kier alpha value is -1.99. The van der Waals surface area contributed by atoms with Crippen molar-refractivity contribution in [1.82, 2.24) is 25.5 Å². The molecular weight excluding hydrogens is 226 g/mol. The number of hydrogen-bond donors (Lipinski definition) is 2. The van der Waals surface area contributed by atoms with Gasteiger partial charge in [-0.05, 0) is 25.0 Å². The van der Waals surface area contributed by atoms with Gasteiger partial charge in [0, 0.05) is 13.1 Å². The highest BCUT2D eigenvalue weighted by Crippen LogP contribution is 2.31. The van der Waals surface area contributed by atoms with Gasteiger partial charge in [0.2, 0.25) is 0 Å². The number of piperidine rings is 1. The monoisotopic (exact) mass is 239 g/mol. The van der Waals surface area contributed by atoms with Gasteiger partial charge in [-0.15, -0.1) is 10.2 Å². The molecule has 1 saturated heterocycles. The van der Waals surface area contributed by atoms with E-state index in [0.29, 0.717) is 25.9 Å². The molecule has 0 aromatic carbocycles. The van der Waals surface area contributed by atoms with Crippen LogP contribution in [-0.2, 0) is 4.79 Å². The third kappa shape index (κ3) is 2.10. The molecular formula is C9H13N5O3. The number of amides is 1. The van der Waals surface area contributed by atoms with E-state index in [1.165, 1.54) is 0 Å². The van der Waals surface area contributed by atoms with Crippen molar-refractivity contribution >= 4 is 11.9 Å². The van der Waals surface area contributed by atoms with E-state index >= 15 is 0 Å². The first kappa shape index (κ1) is 11.5. The Balaban J connectivity index is 2.00. The van der Waals surface area contributed by atoms with E-state index in [2.05, 4.69) is 20.6 Å². The molecule has 0 aliphatic carbocycles. The maximum atomic E-state index is 11.8. The second-order valence-electron chi connectivity index (χ2n) is 4.39. The molecule has 0 bridgehead atoms. The number of tetrazole rings is 1. The summed E-state index contributed by atoms with van der Waals surface area (Å²) >= 11 is 0. The Morgan fingerprint density at radius 3 is 2.53 bits per heavy atom. The molecule has 0 unspecified atom stereocenters. The van der Waals surface area contributed by atoms with E-state index in [1.54, 1.807) is 11.8 Å². The number of likely N-dealkylation sites (tertiary alicyclic amines) is 1. The van der Waals surface area contributed by atoms with Crippen molar-refractivity contribution in [2.75, 3.05) is 13.1 Å². The molecule has 2 heterocycles. The minimum atomic E-state index is -0.816. The summed E-state index contributed by atoms with van der Waals surface area (Å²) in [7, 11) is 0. The van der Waals surface area contributed by atoms with Crippen LogP contribution < -0.4 is 0 Å². The lowest BCUT2D eigenvalue weighted by Crippen LogP contribution is -2.45. The average Bonchev–Trinajstić information content (AvgIpc) is 2.82. The Labute approximate surface area is 97.0 Å². The van der Waals surface area contributed by atoms with E-state index in [0.717, 1.165) is 0 Å². The molecule has 0 spiro atoms. The second-order valence-corrected chi connectivity index (χ2v) is 4.39. The number of nitrogens with one attached hydrogen (secondary N) is 1. The summed E-state index contributed by atoms with van der Waals surface area (Å²) in [6.07, 6.45) is 0.873. The molecule has 0 atom stereocenters. The van der Waals surface area contributed by atoms with E-state index in [4.69, 9.17) is 5.11 Å². The van der Waals surface area contributed by atoms with Gasteiger partial charge < -0.3 is 10.0 Å². The van der Waals surface area contributed by atoms with Crippen LogP contribution in [0.5, 0.6) is 0 Å². The predicted molar refractivity (Wildman–Crippen MR) is 55.1 cm³/mol. The molecule has 1 aliphatic heterocycles. The molecule has 2 rings (SSSR count). The number of aromatic nitrogens is 4. The number of carboxylic acids is 1. The van der Waals surface area contributed by atoms with Gasteiger partial charge in [-0.25, -0.2) is 0 Å². The lowest BCUT2D eigenvalue weighted by Gasteiger charge is -2.35. The van der Waals surface area contributed by atoms with Crippen LogP contribution in [0.2, 0.25) is 0 Å². The Morgan fingerprint density at radius 1 is 1.41 bits per heavy atom. The topological polar surface area (TPSA) is 112 Å². The third-order valence-electron chi connectivity index (χ3n) is 3.21. The van der Waals surface area contributed by atoms with Gasteiger partial charge in [0.15, 0.2) is 0 Å². The molecule has 1 aromatic rings. The lowest BCUT2D eigenvalue weighted by atomic mass is 9.80. The van der Waals surface area contributed by atoms with Crippen molar-refractivity contribution in [2.24, 2.45) is 5.41 Å². The van der Waals surface area contributed by atoms with Crippen molar-refractivity contribution in [1.29, 1.82) is 0 Å². The summed E-state index contributed by atoms with van der Waals surface area (Å²) in [5, 5.41) is 21.8. The van der Waals surface area contributed by atoms with E-state index < -0.39 is 11.4 Å². The minimum absolute atomic E-state index is 0.0175. The molecule has 8 heteroatoms. The quantitative estimate of drug-likeness (QED) is 0.721. The standard InChI is InChI=1S/C9H13N5O3/c1-9(8(16)17)2-4-14(5-3-9)7(15)6-10-12-13-11-6/h2-5H2,1H3,(H,16,17)(H,10,11,12,13). The van der Waals surface area contributed by atoms with Crippen molar-refractivity contribution in [3.63, 3.8) is 0 Å². The van der Waals surface area contributed by atoms with Gasteiger partial charge >= 0.3 is 5.97 Å². The molecule has 92 valence electrons. The highest BCUT2D eigenvalue weighted by molar-refractivity contribution is 5.90. The third-order valence-corrected chi connectivity index (χ3v) is 3.21. The van der Waals surface area contributed by atoms with Gasteiger partial charge in [0.1, 0.15) is 0 Å². The molecule has 1 fully saturated rings. The molecule has 1 aliphatic rings. The fraction of sp³-hybridized carbons (Fsp3) is 0.667. The fourth-order valence-electron chi connectivity index (χ4n) is 1.81. The highest BCUT2D eigenvalue weighted by atomic mass is 16.4. The van der Waals surface area contributed by atoms with Crippen LogP contribution in [0, 0.1) is 5.41 Å². The van der Waals surface area contributed by atoms with Gasteiger partial charge in [-0.1, -0.05) is 0 Å². The number of hydrogen-bond acceptors (Lipinski definition) is 5. The number of carboxylic acid groups (broad SMARTS) is 1. The van der Waals surface area contributed by atoms with Crippen molar-refractivity contribution in [3.05, 3.63) is 5.82 Å². The van der Waals surface area contributed by atoms with Crippen LogP contribution >= 0.6 is 0 Å². The number of rotatable bonds is 2. The van der Waals surface area contributed by atoms with Gasteiger partial charge in [0.25, 0.3) is 11.7 Å². The molecule has 0 radical (unpaired) electrons. The first-order valence-corrected chi connectivity index (χ1v) is 5.29. The summed E-state index contributed by atoms with van der Waals surface area (Å²) in [5.74, 6) is -1.11. The number of carbonyl (C=O) groups is 2. The number of nitrogens with zero attached hydrogens (tertiary/aromatic N) is 4. The largest absolute Gasteiger partial charge is 0.481 e. The first-order chi connectivity index (χ1) is 8.03. The van der Waals surface area contributed by atoms with Crippen LogP contribution in [0.1, 0.15) is 30.4 Å². The SMILES string of the molecule is CC1(C(=O)O)CCN(C(=O)c2nn[nH]n2)CC1. The van der Waals surface area contributed by atoms with Gasteiger partial charge in [-0.3, -0.25) is 9.59 Å². The summed E-state index contributed by atoms with van der Waals surface area (Å²) in [6.45, 7) is 2.50. The van der Waals surface area contributed by atoms with Crippen LogP contribution in [0.4, 0.5) is 0 Å². The predicted octanol–water partition coefficient (Wildman–Crippen LogP) is -0.473. The summed E-state index contributed by atoms with van der Waals surface area (Å²) < 4.78 is 0. The van der Waals surface area contributed by atoms with Gasteiger partial charge in [-0.2, -0.15) is 5.21 Å². The normalized spacial score (nSPS) is 19.0. The molecule has 17 heavy (non-hydrogen) atoms. The summed E-state index contributed by atoms with van der Waals surface area (Å²) in [6, 6.07) is 0. The zero-order chi connectivity index (χ0) is 12.5. The zero-order valence-corrected chi connectivity index (χ0v) is 9.38. The van der Waals surface area contributed by atoms with E-state index in [1.807, 2.05) is 0 Å². The molecule has 8 nitrogen and oxygen atoms in total. The van der Waals surface area contributed by atoms with Crippen LogP contribution in [0.15, 0.2) is 0 Å². The zero-order valence-electron chi connectivity index (χ0n) is 9.38. The Kier molecular flexibility index (Phi) is 2.78.